The van der Waals surface area contributed by atoms with Gasteiger partial charge in [-0.15, -0.1) is 0 Å². The topological polar surface area (TPSA) is 96.0 Å². The van der Waals surface area contributed by atoms with Crippen molar-refractivity contribution in [2.45, 2.75) is 37.9 Å². The molecule has 1 fully saturated rings. The van der Waals surface area contributed by atoms with Crippen LogP contribution in [-0.2, 0) is 10.0 Å². The molecule has 0 unspecified atom stereocenters. The predicted molar refractivity (Wildman–Crippen MR) is 77.0 cm³/mol. The molecule has 0 aliphatic heterocycles. The van der Waals surface area contributed by atoms with Crippen molar-refractivity contribution in [3.05, 3.63) is 29.3 Å². The highest BCUT2D eigenvalue weighted by molar-refractivity contribution is 7.93. The van der Waals surface area contributed by atoms with Gasteiger partial charge >= 0.3 is 0 Å². The summed E-state index contributed by atoms with van der Waals surface area (Å²) < 4.78 is 27.1. The molecule has 2 rings (SSSR count). The number of nitrogen functional groups attached to an aromatic ring is 1. The van der Waals surface area contributed by atoms with Gasteiger partial charge in [-0.2, -0.15) is 0 Å². The van der Waals surface area contributed by atoms with Gasteiger partial charge in [-0.05, 0) is 31.4 Å². The average molecular weight is 281 g/mol. The van der Waals surface area contributed by atoms with Crippen LogP contribution in [0.1, 0.15) is 36.8 Å². The smallest absolute Gasteiger partial charge is 0.235 e. The average Bonchev–Trinajstić information content (AvgIpc) is 2.81. The summed E-state index contributed by atoms with van der Waals surface area (Å²) in [5, 5.41) is 7.25. The summed E-state index contributed by atoms with van der Waals surface area (Å²) in [7, 11) is -3.39. The molecule has 1 aromatic carbocycles. The van der Waals surface area contributed by atoms with Crippen LogP contribution >= 0.6 is 0 Å². The second-order valence-electron chi connectivity index (χ2n) is 4.96. The molecule has 0 bridgehead atoms. The summed E-state index contributed by atoms with van der Waals surface area (Å²) >= 11 is 0. The minimum atomic E-state index is -3.39. The van der Waals surface area contributed by atoms with Gasteiger partial charge in [0.15, 0.2) is 0 Å². The standard InChI is InChI=1S/C13H19N3O2S/c1-9-5-4-8-11(12(9)13(14)15)16-19(17,18)10-6-2-3-7-10/h4-5,8,10,16H,2-3,6-7H2,1H3,(H3,14,15). The summed E-state index contributed by atoms with van der Waals surface area (Å²) in [5.41, 5.74) is 7.19. The Morgan fingerprint density at radius 3 is 2.58 bits per heavy atom. The van der Waals surface area contributed by atoms with E-state index in [0.717, 1.165) is 18.4 Å². The second kappa shape index (κ2) is 5.21. The lowest BCUT2D eigenvalue weighted by Gasteiger charge is -2.17. The first kappa shape index (κ1) is 13.9. The van der Waals surface area contributed by atoms with Crippen LogP contribution in [-0.4, -0.2) is 19.5 Å². The van der Waals surface area contributed by atoms with Gasteiger partial charge in [0.1, 0.15) is 5.84 Å². The summed E-state index contributed by atoms with van der Waals surface area (Å²) in [6, 6.07) is 5.22. The van der Waals surface area contributed by atoms with E-state index in [0.29, 0.717) is 24.1 Å². The Morgan fingerprint density at radius 2 is 2.00 bits per heavy atom. The van der Waals surface area contributed by atoms with E-state index in [1.165, 1.54) is 0 Å². The van der Waals surface area contributed by atoms with Crippen LogP contribution in [0, 0.1) is 12.3 Å². The maximum atomic E-state index is 12.3. The van der Waals surface area contributed by atoms with Gasteiger partial charge in [0.2, 0.25) is 10.0 Å². The first-order valence-electron chi connectivity index (χ1n) is 6.37. The minimum absolute atomic E-state index is 0.123. The number of anilines is 1. The van der Waals surface area contributed by atoms with Crippen LogP contribution < -0.4 is 10.5 Å². The zero-order valence-electron chi connectivity index (χ0n) is 10.9. The minimum Gasteiger partial charge on any atom is -0.384 e. The highest BCUT2D eigenvalue weighted by Crippen LogP contribution is 2.28. The van der Waals surface area contributed by atoms with Crippen molar-refractivity contribution in [1.29, 1.82) is 5.41 Å². The molecular formula is C13H19N3O2S. The quantitative estimate of drug-likeness (QED) is 0.581. The molecule has 1 aliphatic carbocycles. The lowest BCUT2D eigenvalue weighted by Crippen LogP contribution is -2.27. The lowest BCUT2D eigenvalue weighted by molar-refractivity contribution is 0.585. The zero-order chi connectivity index (χ0) is 14.0. The van der Waals surface area contributed by atoms with E-state index in [9.17, 15) is 8.42 Å². The van der Waals surface area contributed by atoms with E-state index in [1.807, 2.05) is 13.0 Å². The predicted octanol–water partition coefficient (Wildman–Crippen LogP) is 1.96. The maximum absolute atomic E-state index is 12.3. The number of hydrogen-bond acceptors (Lipinski definition) is 3. The van der Waals surface area contributed by atoms with E-state index in [2.05, 4.69) is 4.72 Å². The van der Waals surface area contributed by atoms with Crippen LogP contribution in [0.3, 0.4) is 0 Å². The lowest BCUT2D eigenvalue weighted by atomic mass is 10.1. The Bertz CT molecular complexity index is 590. The SMILES string of the molecule is Cc1cccc(NS(=O)(=O)C2CCCC2)c1C(=N)N. The summed E-state index contributed by atoms with van der Waals surface area (Å²) in [5.74, 6) is -0.123. The molecule has 104 valence electrons. The van der Waals surface area contributed by atoms with E-state index in [4.69, 9.17) is 11.1 Å². The number of nitrogens with one attached hydrogen (secondary N) is 2. The maximum Gasteiger partial charge on any atom is 0.235 e. The van der Waals surface area contributed by atoms with Crippen LogP contribution in [0.25, 0.3) is 0 Å². The third-order valence-corrected chi connectivity index (χ3v) is 5.39. The molecule has 0 aromatic heterocycles. The molecule has 4 N–H and O–H groups in total. The Morgan fingerprint density at radius 1 is 1.37 bits per heavy atom. The van der Waals surface area contributed by atoms with E-state index < -0.39 is 10.0 Å². The largest absolute Gasteiger partial charge is 0.384 e. The molecule has 0 atom stereocenters. The molecule has 19 heavy (non-hydrogen) atoms. The van der Waals surface area contributed by atoms with Crippen molar-refractivity contribution in [3.8, 4) is 0 Å². The fraction of sp³-hybridized carbons (Fsp3) is 0.462. The third kappa shape index (κ3) is 2.89. The molecule has 5 nitrogen and oxygen atoms in total. The Kier molecular flexibility index (Phi) is 3.80. The van der Waals surface area contributed by atoms with Crippen molar-refractivity contribution < 1.29 is 8.42 Å². The number of rotatable bonds is 4. The molecule has 0 amide bonds. The Hall–Kier alpha value is -1.56. The highest BCUT2D eigenvalue weighted by atomic mass is 32.2. The van der Waals surface area contributed by atoms with Crippen molar-refractivity contribution in [1.82, 2.24) is 0 Å². The molecule has 0 radical (unpaired) electrons. The fourth-order valence-electron chi connectivity index (χ4n) is 2.55. The number of nitrogens with two attached hydrogens (primary N) is 1. The molecule has 1 saturated carbocycles. The first-order chi connectivity index (χ1) is 8.92. The van der Waals surface area contributed by atoms with Gasteiger partial charge in [0.05, 0.1) is 10.9 Å². The van der Waals surface area contributed by atoms with E-state index in [1.54, 1.807) is 12.1 Å². The monoisotopic (exact) mass is 281 g/mol. The molecule has 0 saturated heterocycles. The second-order valence-corrected chi connectivity index (χ2v) is 6.93. The number of hydrogen-bond donors (Lipinski definition) is 3. The van der Waals surface area contributed by atoms with Gasteiger partial charge < -0.3 is 5.73 Å². The number of amidine groups is 1. The summed E-state index contributed by atoms with van der Waals surface area (Å²) in [4.78, 5) is 0. The van der Waals surface area contributed by atoms with Gasteiger partial charge in [-0.25, -0.2) is 8.42 Å². The highest BCUT2D eigenvalue weighted by Gasteiger charge is 2.29. The van der Waals surface area contributed by atoms with Crippen LogP contribution in [0.15, 0.2) is 18.2 Å². The van der Waals surface area contributed by atoms with Gasteiger partial charge in [-0.3, -0.25) is 10.1 Å². The van der Waals surface area contributed by atoms with E-state index in [-0.39, 0.29) is 11.1 Å². The Balaban J connectivity index is 2.33. The van der Waals surface area contributed by atoms with Crippen molar-refractivity contribution >= 4 is 21.5 Å². The third-order valence-electron chi connectivity index (χ3n) is 3.54. The van der Waals surface area contributed by atoms with Gasteiger partial charge in [0.25, 0.3) is 0 Å². The molecular weight excluding hydrogens is 262 g/mol. The number of sulfonamides is 1. The summed E-state index contributed by atoms with van der Waals surface area (Å²) in [6.07, 6.45) is 3.32. The molecule has 0 spiro atoms. The van der Waals surface area contributed by atoms with Gasteiger partial charge in [-0.1, -0.05) is 25.0 Å². The first-order valence-corrected chi connectivity index (χ1v) is 7.92. The van der Waals surface area contributed by atoms with Gasteiger partial charge in [0, 0.05) is 5.56 Å². The van der Waals surface area contributed by atoms with E-state index >= 15 is 0 Å². The van der Waals surface area contributed by atoms with Crippen LogP contribution in [0.4, 0.5) is 5.69 Å². The molecule has 1 aromatic rings. The Labute approximate surface area is 113 Å². The number of aryl methyl sites for hydroxylation is 1. The molecule has 6 heteroatoms. The number of benzene rings is 1. The normalized spacial score (nSPS) is 16.5. The fourth-order valence-corrected chi connectivity index (χ4v) is 4.14. The van der Waals surface area contributed by atoms with Crippen molar-refractivity contribution in [2.24, 2.45) is 5.73 Å². The van der Waals surface area contributed by atoms with Crippen LogP contribution in [0.5, 0.6) is 0 Å². The van der Waals surface area contributed by atoms with Crippen LogP contribution in [0.2, 0.25) is 0 Å². The van der Waals surface area contributed by atoms with Crippen molar-refractivity contribution in [3.63, 3.8) is 0 Å². The molecule has 1 aliphatic rings. The van der Waals surface area contributed by atoms with Crippen molar-refractivity contribution in [2.75, 3.05) is 4.72 Å². The summed E-state index contributed by atoms with van der Waals surface area (Å²) in [6.45, 7) is 1.81. The zero-order valence-corrected chi connectivity index (χ0v) is 11.8. The molecule has 0 heterocycles.